The van der Waals surface area contributed by atoms with Gasteiger partial charge in [-0.25, -0.2) is 4.79 Å². The SMILES string of the molecule is O=C1COC(Nc2ccccc2)=C1C(=O)OCC(=O)c1cc2ccccc2o1. The van der Waals surface area contributed by atoms with Gasteiger partial charge in [0.15, 0.2) is 24.5 Å². The van der Waals surface area contributed by atoms with E-state index in [9.17, 15) is 14.4 Å². The number of carbonyl (C=O) groups is 3. The van der Waals surface area contributed by atoms with Gasteiger partial charge in [0.25, 0.3) is 0 Å². The van der Waals surface area contributed by atoms with Crippen LogP contribution in [0.1, 0.15) is 10.6 Å². The van der Waals surface area contributed by atoms with Crippen molar-refractivity contribution in [3.63, 3.8) is 0 Å². The molecule has 0 fully saturated rings. The molecule has 1 aliphatic rings. The van der Waals surface area contributed by atoms with Gasteiger partial charge in [0, 0.05) is 11.1 Å². The predicted octanol–water partition coefficient (Wildman–Crippen LogP) is 3.08. The zero-order valence-corrected chi connectivity index (χ0v) is 14.6. The van der Waals surface area contributed by atoms with Gasteiger partial charge in [-0.15, -0.1) is 0 Å². The molecule has 1 N–H and O–H groups in total. The monoisotopic (exact) mass is 377 g/mol. The van der Waals surface area contributed by atoms with E-state index < -0.39 is 24.1 Å². The number of fused-ring (bicyclic) bond motifs is 1. The molecule has 0 bridgehead atoms. The Kier molecular flexibility index (Phi) is 4.63. The number of benzene rings is 2. The van der Waals surface area contributed by atoms with Gasteiger partial charge in [0.05, 0.1) is 0 Å². The smallest absolute Gasteiger partial charge is 0.347 e. The van der Waals surface area contributed by atoms with Gasteiger partial charge < -0.3 is 19.2 Å². The second-order valence-electron chi connectivity index (χ2n) is 6.05. The highest BCUT2D eigenvalue weighted by atomic mass is 16.5. The topological polar surface area (TPSA) is 94.8 Å². The maximum absolute atomic E-state index is 12.4. The van der Waals surface area contributed by atoms with Crippen molar-refractivity contribution in [3.05, 3.63) is 77.9 Å². The van der Waals surface area contributed by atoms with Crippen LogP contribution in [0.15, 0.2) is 76.5 Å². The number of furan rings is 1. The summed E-state index contributed by atoms with van der Waals surface area (Å²) in [4.78, 5) is 36.7. The molecule has 1 aliphatic heterocycles. The Labute approximate surface area is 159 Å². The molecule has 7 heteroatoms. The lowest BCUT2D eigenvalue weighted by molar-refractivity contribution is -0.139. The summed E-state index contributed by atoms with van der Waals surface area (Å²) < 4.78 is 15.7. The van der Waals surface area contributed by atoms with E-state index in [0.717, 1.165) is 5.39 Å². The van der Waals surface area contributed by atoms with Crippen LogP contribution in [0.4, 0.5) is 5.69 Å². The van der Waals surface area contributed by atoms with Crippen molar-refractivity contribution in [3.8, 4) is 0 Å². The van der Waals surface area contributed by atoms with Crippen molar-refractivity contribution in [1.29, 1.82) is 0 Å². The number of anilines is 1. The Morgan fingerprint density at radius 3 is 2.57 bits per heavy atom. The van der Waals surface area contributed by atoms with Crippen molar-refractivity contribution in [1.82, 2.24) is 0 Å². The fourth-order valence-corrected chi connectivity index (χ4v) is 2.76. The minimum Gasteiger partial charge on any atom is -0.470 e. The third kappa shape index (κ3) is 3.50. The maximum Gasteiger partial charge on any atom is 0.347 e. The Morgan fingerprint density at radius 2 is 1.79 bits per heavy atom. The van der Waals surface area contributed by atoms with Gasteiger partial charge in [-0.05, 0) is 24.3 Å². The van der Waals surface area contributed by atoms with Gasteiger partial charge in [0.2, 0.25) is 17.4 Å². The molecule has 140 valence electrons. The number of ether oxygens (including phenoxy) is 2. The van der Waals surface area contributed by atoms with E-state index in [0.29, 0.717) is 11.3 Å². The van der Waals surface area contributed by atoms with E-state index in [2.05, 4.69) is 5.32 Å². The lowest BCUT2D eigenvalue weighted by Gasteiger charge is -2.08. The molecule has 4 rings (SSSR count). The summed E-state index contributed by atoms with van der Waals surface area (Å²) in [5, 5.41) is 3.64. The summed E-state index contributed by atoms with van der Waals surface area (Å²) in [7, 11) is 0. The Morgan fingerprint density at radius 1 is 1.04 bits per heavy atom. The first-order valence-corrected chi connectivity index (χ1v) is 8.53. The van der Waals surface area contributed by atoms with Gasteiger partial charge in [-0.2, -0.15) is 0 Å². The maximum atomic E-state index is 12.4. The molecular weight excluding hydrogens is 362 g/mol. The fourth-order valence-electron chi connectivity index (χ4n) is 2.76. The van der Waals surface area contributed by atoms with Crippen LogP contribution in [0.3, 0.4) is 0 Å². The second-order valence-corrected chi connectivity index (χ2v) is 6.05. The summed E-state index contributed by atoms with van der Waals surface area (Å²) in [6, 6.07) is 17.7. The van der Waals surface area contributed by atoms with Crippen LogP contribution >= 0.6 is 0 Å². The highest BCUT2D eigenvalue weighted by Gasteiger charge is 2.33. The number of carbonyl (C=O) groups excluding carboxylic acids is 3. The van der Waals surface area contributed by atoms with Gasteiger partial charge >= 0.3 is 5.97 Å². The molecule has 1 aromatic heterocycles. The van der Waals surface area contributed by atoms with Crippen LogP contribution in [0.5, 0.6) is 0 Å². The molecular formula is C21H15NO6. The Hall–Kier alpha value is -3.87. The highest BCUT2D eigenvalue weighted by molar-refractivity contribution is 6.20. The molecule has 0 atom stereocenters. The van der Waals surface area contributed by atoms with Gasteiger partial charge in [0.1, 0.15) is 5.58 Å². The lowest BCUT2D eigenvalue weighted by Crippen LogP contribution is -2.20. The number of para-hydroxylation sites is 2. The molecule has 0 unspecified atom stereocenters. The van der Waals surface area contributed by atoms with Gasteiger partial charge in [-0.3, -0.25) is 9.59 Å². The molecule has 2 heterocycles. The van der Waals surface area contributed by atoms with E-state index in [-0.39, 0.29) is 23.8 Å². The highest BCUT2D eigenvalue weighted by Crippen LogP contribution is 2.22. The summed E-state index contributed by atoms with van der Waals surface area (Å²) in [5.41, 5.74) is 0.964. The third-order valence-corrected chi connectivity index (χ3v) is 4.12. The standard InChI is InChI=1S/C21H15NO6/c23-15(18-10-13-6-4-5-9-17(13)28-18)11-27-21(25)19-16(24)12-26-20(19)22-14-7-2-1-3-8-14/h1-10,22H,11-12H2. The number of ketones is 2. The van der Waals surface area contributed by atoms with E-state index in [1.807, 2.05) is 18.2 Å². The summed E-state index contributed by atoms with van der Waals surface area (Å²) in [5.74, 6) is -1.85. The molecule has 0 amide bonds. The first kappa shape index (κ1) is 17.5. The quantitative estimate of drug-likeness (QED) is 0.401. The van der Waals surface area contributed by atoms with Gasteiger partial charge in [-0.1, -0.05) is 36.4 Å². The molecule has 28 heavy (non-hydrogen) atoms. The molecule has 0 saturated heterocycles. The average Bonchev–Trinajstić information content (AvgIpc) is 3.30. The molecule has 2 aromatic carbocycles. The van der Waals surface area contributed by atoms with Crippen LogP contribution in [0.25, 0.3) is 11.0 Å². The van der Waals surface area contributed by atoms with Crippen LogP contribution in [0, 0.1) is 0 Å². The number of hydrogen-bond acceptors (Lipinski definition) is 7. The average molecular weight is 377 g/mol. The molecule has 0 spiro atoms. The van der Waals surface area contributed by atoms with Crippen LogP contribution < -0.4 is 5.32 Å². The molecule has 7 nitrogen and oxygen atoms in total. The minimum atomic E-state index is -0.926. The van der Waals surface area contributed by atoms with E-state index in [4.69, 9.17) is 13.9 Å². The van der Waals surface area contributed by atoms with E-state index in [1.54, 1.807) is 42.5 Å². The normalized spacial score (nSPS) is 13.5. The summed E-state index contributed by atoms with van der Waals surface area (Å²) in [6.45, 7) is -0.814. The van der Waals surface area contributed by atoms with Crippen LogP contribution in [0.2, 0.25) is 0 Å². The zero-order chi connectivity index (χ0) is 19.5. The molecule has 0 radical (unpaired) electrons. The number of hydrogen-bond donors (Lipinski definition) is 1. The summed E-state index contributed by atoms with van der Waals surface area (Å²) >= 11 is 0. The zero-order valence-electron chi connectivity index (χ0n) is 14.6. The summed E-state index contributed by atoms with van der Waals surface area (Å²) in [6.07, 6.45) is 0. The molecule has 0 saturated carbocycles. The third-order valence-electron chi connectivity index (χ3n) is 4.12. The lowest BCUT2D eigenvalue weighted by atomic mass is 10.2. The van der Waals surface area contributed by atoms with Crippen LogP contribution in [-0.4, -0.2) is 30.7 Å². The largest absolute Gasteiger partial charge is 0.470 e. The number of esters is 1. The van der Waals surface area contributed by atoms with Crippen molar-refractivity contribution in [2.24, 2.45) is 0 Å². The number of Topliss-reactive ketones (excluding diaryl/α,β-unsaturated/α-hetero) is 2. The fraction of sp³-hybridized carbons (Fsp3) is 0.0952. The first-order valence-electron chi connectivity index (χ1n) is 8.53. The van der Waals surface area contributed by atoms with Crippen molar-refractivity contribution in [2.45, 2.75) is 0 Å². The molecule has 0 aliphatic carbocycles. The van der Waals surface area contributed by atoms with E-state index >= 15 is 0 Å². The van der Waals surface area contributed by atoms with Crippen molar-refractivity contribution < 1.29 is 28.3 Å². The number of nitrogens with one attached hydrogen (secondary N) is 1. The Balaban J connectivity index is 1.46. The number of rotatable bonds is 6. The van der Waals surface area contributed by atoms with Crippen molar-refractivity contribution >= 4 is 34.2 Å². The first-order chi connectivity index (χ1) is 13.6. The minimum absolute atomic E-state index is 0.0115. The molecule has 3 aromatic rings. The second kappa shape index (κ2) is 7.40. The van der Waals surface area contributed by atoms with Crippen LogP contribution in [-0.2, 0) is 19.1 Å². The predicted molar refractivity (Wildman–Crippen MR) is 99.6 cm³/mol. The Bertz CT molecular complexity index is 1060. The van der Waals surface area contributed by atoms with E-state index in [1.165, 1.54) is 0 Å². The van der Waals surface area contributed by atoms with Crippen molar-refractivity contribution in [2.75, 3.05) is 18.5 Å².